The highest BCUT2D eigenvalue weighted by Gasteiger charge is 2.30. The fraction of sp³-hybridized carbons (Fsp3) is 0.481. The van der Waals surface area contributed by atoms with Crippen LogP contribution in [0.5, 0.6) is 0 Å². The van der Waals surface area contributed by atoms with E-state index in [-0.39, 0.29) is 0 Å². The summed E-state index contributed by atoms with van der Waals surface area (Å²) in [4.78, 5) is 0. The average molecular weight is 474 g/mol. The van der Waals surface area contributed by atoms with Gasteiger partial charge in [0.05, 0.1) is 8.22 Å². The fourth-order valence-corrected chi connectivity index (χ4v) is 8.60. The molecule has 2 unspecified atom stereocenters. The highest BCUT2D eigenvalue weighted by Crippen LogP contribution is 2.60. The second kappa shape index (κ2) is 17.3. The summed E-state index contributed by atoms with van der Waals surface area (Å²) < 4.78 is 5.05. The first-order valence-corrected chi connectivity index (χ1v) is 14.6. The number of nitrogens with one attached hydrogen (secondary N) is 1. The van der Waals surface area contributed by atoms with E-state index in [1.165, 1.54) is 43.8 Å². The van der Waals surface area contributed by atoms with Crippen LogP contribution in [0.3, 0.4) is 0 Å². The van der Waals surface area contributed by atoms with Crippen LogP contribution in [-0.4, -0.2) is 29.2 Å². The van der Waals surface area contributed by atoms with E-state index in [0.717, 1.165) is 24.1 Å². The quantitative estimate of drug-likeness (QED) is 0.139. The Morgan fingerprint density at radius 2 is 1.66 bits per heavy atom. The fourth-order valence-electron chi connectivity index (χ4n) is 3.38. The molecule has 3 nitrogen and oxygen atoms in total. The molecule has 0 spiro atoms. The van der Waals surface area contributed by atoms with E-state index >= 15 is 0 Å². The van der Waals surface area contributed by atoms with E-state index in [2.05, 4.69) is 110 Å². The number of unbranched alkanes of at least 4 members (excludes halogenated alkanes) is 4. The molecular formula is C27H45N3P2. The summed E-state index contributed by atoms with van der Waals surface area (Å²) in [5.41, 5.74) is 1.12. The largest absolute Gasteiger partial charge is 0.339 e. The van der Waals surface area contributed by atoms with Crippen molar-refractivity contribution in [2.24, 2.45) is 0 Å². The van der Waals surface area contributed by atoms with Crippen molar-refractivity contribution >= 4 is 21.8 Å². The van der Waals surface area contributed by atoms with Gasteiger partial charge in [0.2, 0.25) is 0 Å². The normalized spacial score (nSPS) is 13.7. The van der Waals surface area contributed by atoms with Gasteiger partial charge in [-0.3, -0.25) is 5.09 Å². The third-order valence-electron chi connectivity index (χ3n) is 5.10. The Kier molecular flexibility index (Phi) is 15.5. The third-order valence-corrected chi connectivity index (χ3v) is 10.2. The molecule has 0 saturated carbocycles. The molecule has 0 amide bonds. The van der Waals surface area contributed by atoms with Crippen LogP contribution < -0.4 is 10.4 Å². The molecule has 32 heavy (non-hydrogen) atoms. The van der Waals surface area contributed by atoms with Gasteiger partial charge in [-0.15, -0.1) is 0 Å². The van der Waals surface area contributed by atoms with Crippen LogP contribution in [0, 0.1) is 0 Å². The van der Waals surface area contributed by atoms with E-state index in [9.17, 15) is 0 Å². The number of hydrogen-bond acceptors (Lipinski definition) is 3. The lowest BCUT2D eigenvalue weighted by Crippen LogP contribution is -2.31. The van der Waals surface area contributed by atoms with Crippen molar-refractivity contribution in [2.45, 2.75) is 66.2 Å². The molecule has 0 saturated heterocycles. The average Bonchev–Trinajstić information content (AvgIpc) is 2.79. The Balaban J connectivity index is 3.29. The van der Waals surface area contributed by atoms with Crippen LogP contribution in [0.15, 0.2) is 78.8 Å². The van der Waals surface area contributed by atoms with Gasteiger partial charge < -0.3 is 4.67 Å². The summed E-state index contributed by atoms with van der Waals surface area (Å²) in [5, 5.41) is 6.41. The zero-order chi connectivity index (χ0) is 23.8. The maximum Gasteiger partial charge on any atom is 0.104 e. The number of benzene rings is 1. The molecule has 0 aliphatic carbocycles. The minimum Gasteiger partial charge on any atom is -0.339 e. The number of allylic oxidation sites excluding steroid dienone is 6. The molecule has 0 radical (unpaired) electrons. The van der Waals surface area contributed by atoms with Crippen LogP contribution in [0.1, 0.15) is 66.2 Å². The molecule has 1 N–H and O–H groups in total. The van der Waals surface area contributed by atoms with Crippen molar-refractivity contribution in [1.29, 1.82) is 0 Å². The minimum absolute atomic E-state index is 0.683. The lowest BCUT2D eigenvalue weighted by atomic mass is 10.2. The third kappa shape index (κ3) is 10.1. The highest BCUT2D eigenvalue weighted by atomic mass is 31.2. The summed E-state index contributed by atoms with van der Waals surface area (Å²) >= 11 is 0. The Morgan fingerprint density at radius 1 is 1.00 bits per heavy atom. The minimum atomic E-state index is -0.788. The molecule has 1 aromatic carbocycles. The maximum absolute atomic E-state index is 4.53. The molecule has 0 aliphatic rings. The van der Waals surface area contributed by atoms with Gasteiger partial charge in [0.25, 0.3) is 0 Å². The molecule has 0 bridgehead atoms. The predicted octanol–water partition coefficient (Wildman–Crippen LogP) is 8.32. The van der Waals surface area contributed by atoms with E-state index in [4.69, 9.17) is 0 Å². The molecule has 0 aromatic heterocycles. The topological polar surface area (TPSA) is 18.5 Å². The number of hydrogen-bond donors (Lipinski definition) is 1. The van der Waals surface area contributed by atoms with Crippen molar-refractivity contribution in [1.82, 2.24) is 14.2 Å². The predicted molar refractivity (Wildman–Crippen MR) is 149 cm³/mol. The molecule has 1 rings (SSSR count). The summed E-state index contributed by atoms with van der Waals surface area (Å²) in [6.45, 7) is 19.6. The molecule has 0 aliphatic heterocycles. The van der Waals surface area contributed by atoms with E-state index in [1.807, 2.05) is 6.92 Å². The Bertz CT molecular complexity index is 715. The van der Waals surface area contributed by atoms with Gasteiger partial charge in [0.1, 0.15) is 8.22 Å². The standard InChI is InChI=1S/C27H45N3P2/c1-8-11-15-20-26(6)32(30(25(4)5)24-19-13-10-3)29(7)31(28-23-18-12-9-2)27-21-16-14-17-22-27/h8,11,14-17,20-22,28H,4,6,9-10,12-13,18-19,23-24H2,1-3,5,7H3/b11-8-,20-15-. The van der Waals surface area contributed by atoms with Crippen LogP contribution in [-0.2, 0) is 0 Å². The van der Waals surface area contributed by atoms with Gasteiger partial charge in [0, 0.05) is 29.4 Å². The second-order valence-corrected chi connectivity index (χ2v) is 12.6. The van der Waals surface area contributed by atoms with Crippen LogP contribution in [0.2, 0.25) is 0 Å². The summed E-state index contributed by atoms with van der Waals surface area (Å²) in [7, 11) is 0.794. The van der Waals surface area contributed by atoms with Crippen LogP contribution in [0.4, 0.5) is 0 Å². The lowest BCUT2D eigenvalue weighted by molar-refractivity contribution is 0.504. The smallest absolute Gasteiger partial charge is 0.104 e. The van der Waals surface area contributed by atoms with Crippen molar-refractivity contribution in [2.75, 3.05) is 20.1 Å². The van der Waals surface area contributed by atoms with Crippen LogP contribution in [0.25, 0.3) is 0 Å². The summed E-state index contributed by atoms with van der Waals surface area (Å²) in [6.07, 6.45) is 15.7. The van der Waals surface area contributed by atoms with E-state index in [0.29, 0.717) is 0 Å². The lowest BCUT2D eigenvalue weighted by Gasteiger charge is -2.43. The van der Waals surface area contributed by atoms with Gasteiger partial charge in [-0.1, -0.05) is 107 Å². The molecule has 2 atom stereocenters. The zero-order valence-corrected chi connectivity index (χ0v) is 22.8. The van der Waals surface area contributed by atoms with E-state index < -0.39 is 16.4 Å². The second-order valence-electron chi connectivity index (χ2n) is 7.98. The molecule has 0 heterocycles. The molecular weight excluding hydrogens is 428 g/mol. The van der Waals surface area contributed by atoms with E-state index in [1.54, 1.807) is 0 Å². The Hall–Kier alpha value is -1.24. The zero-order valence-electron chi connectivity index (χ0n) is 21.1. The Labute approximate surface area is 201 Å². The van der Waals surface area contributed by atoms with Crippen molar-refractivity contribution in [3.63, 3.8) is 0 Å². The monoisotopic (exact) mass is 473 g/mol. The SMILES string of the molecule is C=C(C)N(CCCCC)P(C(=C)/C=C\C=C/C)N(C)P(NCCCCC)c1ccccc1. The molecule has 0 fully saturated rings. The van der Waals surface area contributed by atoms with Gasteiger partial charge in [-0.05, 0) is 33.7 Å². The molecule has 1 aromatic rings. The number of rotatable bonds is 17. The van der Waals surface area contributed by atoms with Crippen LogP contribution >= 0.6 is 16.4 Å². The summed E-state index contributed by atoms with van der Waals surface area (Å²) in [6, 6.07) is 10.9. The molecule has 178 valence electrons. The first-order valence-electron chi connectivity index (χ1n) is 12.0. The summed E-state index contributed by atoms with van der Waals surface area (Å²) in [5.74, 6) is 0. The number of nitrogens with zero attached hydrogens (tertiary/aromatic N) is 2. The Morgan fingerprint density at radius 3 is 2.25 bits per heavy atom. The van der Waals surface area contributed by atoms with Crippen molar-refractivity contribution in [3.05, 3.63) is 78.8 Å². The van der Waals surface area contributed by atoms with Gasteiger partial charge in [0.15, 0.2) is 0 Å². The first-order chi connectivity index (χ1) is 15.5. The van der Waals surface area contributed by atoms with Gasteiger partial charge >= 0.3 is 0 Å². The first kappa shape index (κ1) is 28.8. The highest BCUT2D eigenvalue weighted by molar-refractivity contribution is 7.74. The van der Waals surface area contributed by atoms with Crippen molar-refractivity contribution in [3.8, 4) is 0 Å². The van der Waals surface area contributed by atoms with Crippen molar-refractivity contribution < 1.29 is 0 Å². The van der Waals surface area contributed by atoms with Gasteiger partial charge in [-0.25, -0.2) is 4.44 Å². The molecule has 5 heteroatoms. The maximum atomic E-state index is 4.53. The van der Waals surface area contributed by atoms with Gasteiger partial charge in [-0.2, -0.15) is 0 Å².